The number of anilines is 1. The first kappa shape index (κ1) is 16.8. The van der Waals surface area contributed by atoms with Crippen LogP contribution in [0.1, 0.15) is 30.7 Å². The van der Waals surface area contributed by atoms with Gasteiger partial charge in [-0.1, -0.05) is 38.1 Å². The summed E-state index contributed by atoms with van der Waals surface area (Å²) in [6.07, 6.45) is 1.89. The van der Waals surface area contributed by atoms with E-state index in [0.29, 0.717) is 18.4 Å². The summed E-state index contributed by atoms with van der Waals surface area (Å²) >= 11 is 0. The van der Waals surface area contributed by atoms with Crippen molar-refractivity contribution in [2.75, 3.05) is 12.4 Å². The number of aliphatic imine (C=N–C) groups is 1. The summed E-state index contributed by atoms with van der Waals surface area (Å²) in [5.41, 5.74) is 10.4. The summed E-state index contributed by atoms with van der Waals surface area (Å²) < 4.78 is 5.11. The molecule has 0 saturated heterocycles. The van der Waals surface area contributed by atoms with Gasteiger partial charge in [-0.05, 0) is 30.0 Å². The molecular weight excluding hydrogens is 288 g/mol. The van der Waals surface area contributed by atoms with Gasteiger partial charge in [0.15, 0.2) is 5.96 Å². The minimum atomic E-state index is 0.394. The van der Waals surface area contributed by atoms with E-state index < -0.39 is 0 Å². The van der Waals surface area contributed by atoms with E-state index in [9.17, 15) is 0 Å². The highest BCUT2D eigenvalue weighted by Crippen LogP contribution is 2.22. The molecule has 0 atom stereocenters. The van der Waals surface area contributed by atoms with Crippen molar-refractivity contribution in [3.63, 3.8) is 0 Å². The van der Waals surface area contributed by atoms with Gasteiger partial charge >= 0.3 is 0 Å². The molecule has 0 radical (unpaired) electrons. The zero-order chi connectivity index (χ0) is 16.7. The van der Waals surface area contributed by atoms with Gasteiger partial charge in [-0.2, -0.15) is 0 Å². The highest BCUT2D eigenvalue weighted by Gasteiger charge is 2.07. The molecule has 5 heteroatoms. The SMILES string of the molecule is CCc1cccc(CC)c1NC(N)=NCc1cccc(OC)n1. The molecule has 1 aromatic heterocycles. The smallest absolute Gasteiger partial charge is 0.213 e. The van der Waals surface area contributed by atoms with Crippen LogP contribution in [0.3, 0.4) is 0 Å². The molecule has 2 rings (SSSR count). The summed E-state index contributed by atoms with van der Waals surface area (Å²) in [7, 11) is 1.60. The number of rotatable bonds is 6. The Bertz CT molecular complexity index is 660. The maximum absolute atomic E-state index is 6.05. The third-order valence-electron chi connectivity index (χ3n) is 3.65. The molecule has 0 spiro atoms. The van der Waals surface area contributed by atoms with Crippen LogP contribution in [0.4, 0.5) is 5.69 Å². The Morgan fingerprint density at radius 2 is 1.78 bits per heavy atom. The lowest BCUT2D eigenvalue weighted by molar-refractivity contribution is 0.396. The summed E-state index contributed by atoms with van der Waals surface area (Å²) in [4.78, 5) is 8.71. The zero-order valence-electron chi connectivity index (χ0n) is 14.0. The molecule has 1 aromatic carbocycles. The summed E-state index contributed by atoms with van der Waals surface area (Å²) in [5.74, 6) is 0.971. The van der Waals surface area contributed by atoms with Crippen molar-refractivity contribution in [3.05, 3.63) is 53.2 Å². The van der Waals surface area contributed by atoms with Crippen molar-refractivity contribution in [1.82, 2.24) is 4.98 Å². The quantitative estimate of drug-likeness (QED) is 0.635. The van der Waals surface area contributed by atoms with Crippen LogP contribution in [0.15, 0.2) is 41.4 Å². The van der Waals surface area contributed by atoms with E-state index in [1.165, 1.54) is 11.1 Å². The van der Waals surface area contributed by atoms with Crippen molar-refractivity contribution < 1.29 is 4.74 Å². The van der Waals surface area contributed by atoms with Gasteiger partial charge in [0, 0.05) is 11.8 Å². The number of nitrogens with zero attached hydrogens (tertiary/aromatic N) is 2. The van der Waals surface area contributed by atoms with E-state index in [-0.39, 0.29) is 0 Å². The third kappa shape index (κ3) is 4.45. The maximum Gasteiger partial charge on any atom is 0.213 e. The van der Waals surface area contributed by atoms with Gasteiger partial charge < -0.3 is 15.8 Å². The predicted molar refractivity (Wildman–Crippen MR) is 94.9 cm³/mol. The molecule has 3 N–H and O–H groups in total. The van der Waals surface area contributed by atoms with E-state index in [4.69, 9.17) is 10.5 Å². The highest BCUT2D eigenvalue weighted by molar-refractivity contribution is 5.93. The summed E-state index contributed by atoms with van der Waals surface area (Å²) in [6, 6.07) is 11.9. The highest BCUT2D eigenvalue weighted by atomic mass is 16.5. The van der Waals surface area contributed by atoms with E-state index in [2.05, 4.69) is 47.3 Å². The second-order valence-electron chi connectivity index (χ2n) is 5.16. The largest absolute Gasteiger partial charge is 0.481 e. The Kier molecular flexibility index (Phi) is 5.97. The van der Waals surface area contributed by atoms with Gasteiger partial charge in [0.25, 0.3) is 0 Å². The van der Waals surface area contributed by atoms with Gasteiger partial charge in [-0.3, -0.25) is 0 Å². The number of benzene rings is 1. The Balaban J connectivity index is 2.13. The van der Waals surface area contributed by atoms with Crippen molar-refractivity contribution in [3.8, 4) is 5.88 Å². The molecule has 0 saturated carbocycles. The molecule has 0 bridgehead atoms. The lowest BCUT2D eigenvalue weighted by Crippen LogP contribution is -2.24. The Labute approximate surface area is 137 Å². The van der Waals surface area contributed by atoms with Crippen LogP contribution >= 0.6 is 0 Å². The molecule has 0 aliphatic rings. The minimum absolute atomic E-state index is 0.394. The van der Waals surface area contributed by atoms with Crippen LogP contribution in [-0.4, -0.2) is 18.1 Å². The van der Waals surface area contributed by atoms with Crippen LogP contribution in [0, 0.1) is 0 Å². The fraction of sp³-hybridized carbons (Fsp3) is 0.333. The number of guanidine groups is 1. The number of methoxy groups -OCH3 is 1. The summed E-state index contributed by atoms with van der Waals surface area (Å²) in [5, 5.41) is 3.25. The number of ether oxygens (including phenoxy) is 1. The minimum Gasteiger partial charge on any atom is -0.481 e. The van der Waals surface area contributed by atoms with Crippen LogP contribution < -0.4 is 15.8 Å². The van der Waals surface area contributed by atoms with Gasteiger partial charge in [0.05, 0.1) is 19.3 Å². The number of aryl methyl sites for hydroxylation is 2. The van der Waals surface area contributed by atoms with Crippen molar-refractivity contribution in [2.45, 2.75) is 33.2 Å². The normalized spacial score (nSPS) is 11.3. The van der Waals surface area contributed by atoms with Crippen LogP contribution in [-0.2, 0) is 19.4 Å². The van der Waals surface area contributed by atoms with E-state index in [0.717, 1.165) is 24.2 Å². The van der Waals surface area contributed by atoms with E-state index >= 15 is 0 Å². The predicted octanol–water partition coefficient (Wildman–Crippen LogP) is 3.14. The van der Waals surface area contributed by atoms with Gasteiger partial charge in [-0.25, -0.2) is 9.98 Å². The number of nitrogens with two attached hydrogens (primary N) is 1. The molecule has 0 aliphatic heterocycles. The molecule has 0 aliphatic carbocycles. The van der Waals surface area contributed by atoms with Crippen molar-refractivity contribution >= 4 is 11.6 Å². The number of hydrogen-bond acceptors (Lipinski definition) is 3. The first-order chi connectivity index (χ1) is 11.2. The number of hydrogen-bond donors (Lipinski definition) is 2. The second-order valence-corrected chi connectivity index (χ2v) is 5.16. The Morgan fingerprint density at radius 1 is 1.13 bits per heavy atom. The Morgan fingerprint density at radius 3 is 2.39 bits per heavy atom. The fourth-order valence-corrected chi connectivity index (χ4v) is 2.40. The van der Waals surface area contributed by atoms with Crippen molar-refractivity contribution in [1.29, 1.82) is 0 Å². The molecule has 0 unspecified atom stereocenters. The number of nitrogens with one attached hydrogen (secondary N) is 1. The van der Waals surface area contributed by atoms with Gasteiger partial charge in [0.1, 0.15) is 0 Å². The Hall–Kier alpha value is -2.56. The monoisotopic (exact) mass is 312 g/mol. The third-order valence-corrected chi connectivity index (χ3v) is 3.65. The number of para-hydroxylation sites is 1. The topological polar surface area (TPSA) is 72.5 Å². The summed E-state index contributed by atoms with van der Waals surface area (Å²) in [6.45, 7) is 4.67. The zero-order valence-corrected chi connectivity index (χ0v) is 14.0. The second kappa shape index (κ2) is 8.17. The van der Waals surface area contributed by atoms with Crippen LogP contribution in [0.5, 0.6) is 5.88 Å². The van der Waals surface area contributed by atoms with Crippen LogP contribution in [0.25, 0.3) is 0 Å². The fourth-order valence-electron chi connectivity index (χ4n) is 2.40. The lowest BCUT2D eigenvalue weighted by atomic mass is 10.0. The first-order valence-electron chi connectivity index (χ1n) is 7.85. The van der Waals surface area contributed by atoms with E-state index in [1.807, 2.05) is 12.1 Å². The number of aromatic nitrogens is 1. The average molecular weight is 312 g/mol. The average Bonchev–Trinajstić information content (AvgIpc) is 2.60. The first-order valence-corrected chi connectivity index (χ1v) is 7.85. The molecule has 1 heterocycles. The van der Waals surface area contributed by atoms with Gasteiger partial charge in [0.2, 0.25) is 5.88 Å². The molecule has 2 aromatic rings. The van der Waals surface area contributed by atoms with Crippen molar-refractivity contribution in [2.24, 2.45) is 10.7 Å². The van der Waals surface area contributed by atoms with Crippen LogP contribution in [0.2, 0.25) is 0 Å². The molecule has 0 amide bonds. The molecular formula is C18H24N4O. The lowest BCUT2D eigenvalue weighted by Gasteiger charge is -2.14. The molecule has 5 nitrogen and oxygen atoms in total. The molecule has 122 valence electrons. The molecule has 23 heavy (non-hydrogen) atoms. The van der Waals surface area contributed by atoms with E-state index in [1.54, 1.807) is 13.2 Å². The molecule has 0 fully saturated rings. The number of pyridine rings is 1. The standard InChI is InChI=1S/C18H24N4O/c1-4-13-8-6-9-14(5-2)17(13)22-18(19)20-12-15-10-7-11-16(21-15)23-3/h6-11H,4-5,12H2,1-3H3,(H3,19,20,22). The van der Waals surface area contributed by atoms with Gasteiger partial charge in [-0.15, -0.1) is 0 Å². The maximum atomic E-state index is 6.05.